The number of nitrogens with one attached hydrogen (secondary N) is 2. The van der Waals surface area contributed by atoms with Crippen molar-refractivity contribution in [2.45, 2.75) is 38.1 Å². The van der Waals surface area contributed by atoms with Crippen LogP contribution in [-0.4, -0.2) is 61.9 Å². The van der Waals surface area contributed by atoms with Crippen LogP contribution in [0.4, 0.5) is 5.69 Å². The Bertz CT molecular complexity index is 723. The number of anilines is 1. The second-order valence-corrected chi connectivity index (χ2v) is 7.58. The van der Waals surface area contributed by atoms with Crippen LogP contribution < -0.4 is 15.5 Å². The van der Waals surface area contributed by atoms with E-state index in [2.05, 4.69) is 20.5 Å². The Morgan fingerprint density at radius 3 is 2.68 bits per heavy atom. The Balaban J connectivity index is 1.49. The topological polar surface area (TPSA) is 77.0 Å². The van der Waals surface area contributed by atoms with E-state index in [1.54, 1.807) is 7.05 Å². The average Bonchev–Trinajstić information content (AvgIpc) is 2.70. The van der Waals surface area contributed by atoms with E-state index in [0.717, 1.165) is 36.6 Å². The number of piperidine rings is 2. The van der Waals surface area contributed by atoms with Crippen molar-refractivity contribution < 1.29 is 9.59 Å². The minimum atomic E-state index is -0.0799. The number of nitrogens with zero attached hydrogens (tertiary/aromatic N) is 3. The van der Waals surface area contributed by atoms with Gasteiger partial charge in [0.05, 0.1) is 10.7 Å². The molecule has 8 heteroatoms. The van der Waals surface area contributed by atoms with Crippen molar-refractivity contribution in [2.75, 3.05) is 38.1 Å². The highest BCUT2D eigenvalue weighted by atomic mass is 35.5. The quantitative estimate of drug-likeness (QED) is 0.445. The maximum Gasteiger partial charge on any atom is 0.229 e. The number of hydrogen-bond donors (Lipinski definition) is 2. The fourth-order valence-electron chi connectivity index (χ4n) is 3.75. The lowest BCUT2D eigenvalue weighted by Gasteiger charge is -2.36. The summed E-state index contributed by atoms with van der Waals surface area (Å²) in [6, 6.07) is 8.15. The van der Waals surface area contributed by atoms with Crippen LogP contribution in [0.25, 0.3) is 0 Å². The second-order valence-electron chi connectivity index (χ2n) is 7.17. The van der Waals surface area contributed by atoms with Crippen molar-refractivity contribution in [1.82, 2.24) is 15.5 Å². The van der Waals surface area contributed by atoms with Crippen molar-refractivity contribution in [2.24, 2.45) is 4.99 Å². The normalized spacial score (nSPS) is 21.1. The van der Waals surface area contributed by atoms with Gasteiger partial charge in [-0.15, -0.1) is 0 Å². The molecule has 1 unspecified atom stereocenters. The number of hydrogen-bond acceptors (Lipinski definition) is 4. The van der Waals surface area contributed by atoms with E-state index in [0.29, 0.717) is 38.3 Å². The van der Waals surface area contributed by atoms with Gasteiger partial charge in [0.15, 0.2) is 5.96 Å². The molecule has 2 heterocycles. The van der Waals surface area contributed by atoms with Gasteiger partial charge in [-0.1, -0.05) is 23.7 Å². The number of benzene rings is 1. The highest BCUT2D eigenvalue weighted by molar-refractivity contribution is 6.33. The van der Waals surface area contributed by atoms with Crippen molar-refractivity contribution in [1.29, 1.82) is 0 Å². The van der Waals surface area contributed by atoms with E-state index in [4.69, 9.17) is 11.6 Å². The number of aliphatic imine (C=N–C) groups is 1. The Kier molecular flexibility index (Phi) is 7.14. The third kappa shape index (κ3) is 5.16. The molecule has 1 aromatic rings. The Morgan fingerprint density at radius 1 is 1.21 bits per heavy atom. The lowest BCUT2D eigenvalue weighted by Crippen LogP contribution is -2.52. The lowest BCUT2D eigenvalue weighted by atomic mass is 10.0. The molecule has 0 bridgehead atoms. The van der Waals surface area contributed by atoms with Gasteiger partial charge in [0.2, 0.25) is 11.8 Å². The molecule has 1 atom stereocenters. The van der Waals surface area contributed by atoms with Gasteiger partial charge in [0.1, 0.15) is 0 Å². The molecule has 7 nitrogen and oxygen atoms in total. The molecule has 0 spiro atoms. The molecule has 3 rings (SSSR count). The first-order valence-corrected chi connectivity index (χ1v) is 10.3. The number of rotatable bonds is 5. The summed E-state index contributed by atoms with van der Waals surface area (Å²) in [5.74, 6) is 0.523. The first kappa shape index (κ1) is 20.5. The maximum atomic E-state index is 11.9. The third-order valence-corrected chi connectivity index (χ3v) is 5.51. The Labute approximate surface area is 171 Å². The number of carbonyl (C=O) groups excluding carboxylic acids is 2. The monoisotopic (exact) mass is 405 g/mol. The minimum Gasteiger partial charge on any atom is -0.368 e. The largest absolute Gasteiger partial charge is 0.368 e. The number of halogens is 1. The Morgan fingerprint density at radius 2 is 1.96 bits per heavy atom. The summed E-state index contributed by atoms with van der Waals surface area (Å²) < 4.78 is 0. The van der Waals surface area contributed by atoms with Gasteiger partial charge < -0.3 is 15.5 Å². The van der Waals surface area contributed by atoms with Crippen LogP contribution in [0, 0.1) is 0 Å². The molecule has 2 saturated heterocycles. The maximum absolute atomic E-state index is 11.9. The number of carbonyl (C=O) groups is 2. The summed E-state index contributed by atoms with van der Waals surface area (Å²) in [6.07, 6.45) is 3.69. The molecule has 0 aromatic heterocycles. The van der Waals surface area contributed by atoms with Crippen molar-refractivity contribution >= 4 is 35.1 Å². The van der Waals surface area contributed by atoms with E-state index in [1.807, 2.05) is 24.3 Å². The molecule has 1 aromatic carbocycles. The predicted octanol–water partition coefficient (Wildman–Crippen LogP) is 2.01. The van der Waals surface area contributed by atoms with E-state index < -0.39 is 0 Å². The molecule has 0 aliphatic carbocycles. The van der Waals surface area contributed by atoms with Gasteiger partial charge in [-0.25, -0.2) is 0 Å². The summed E-state index contributed by atoms with van der Waals surface area (Å²) in [7, 11) is 1.72. The number of amides is 2. The molecule has 2 aliphatic heterocycles. The van der Waals surface area contributed by atoms with Crippen LogP contribution in [0.2, 0.25) is 5.02 Å². The summed E-state index contributed by atoms with van der Waals surface area (Å²) in [6.45, 7) is 2.67. The summed E-state index contributed by atoms with van der Waals surface area (Å²) in [4.78, 5) is 31.7. The molecule has 2 N–H and O–H groups in total. The van der Waals surface area contributed by atoms with Crippen LogP contribution >= 0.6 is 11.6 Å². The highest BCUT2D eigenvalue weighted by Crippen LogP contribution is 2.27. The smallest absolute Gasteiger partial charge is 0.229 e. The molecular weight excluding hydrogens is 378 g/mol. The number of likely N-dealkylation sites (tertiary alicyclic amines) is 1. The second kappa shape index (κ2) is 9.78. The fourth-order valence-corrected chi connectivity index (χ4v) is 4.00. The number of imide groups is 1. The van der Waals surface area contributed by atoms with Crippen LogP contribution in [0.3, 0.4) is 0 Å². The SMILES string of the molecule is CN=C(NCCN1C(=O)CCCC1=O)NC1CCCN(c2ccccc2Cl)C1. The van der Waals surface area contributed by atoms with Crippen LogP contribution in [0.5, 0.6) is 0 Å². The summed E-state index contributed by atoms with van der Waals surface area (Å²) in [5.41, 5.74) is 1.06. The predicted molar refractivity (Wildman–Crippen MR) is 112 cm³/mol. The van der Waals surface area contributed by atoms with Gasteiger partial charge in [-0.05, 0) is 31.4 Å². The van der Waals surface area contributed by atoms with Crippen LogP contribution in [-0.2, 0) is 9.59 Å². The molecule has 152 valence electrons. The first-order valence-electron chi connectivity index (χ1n) is 9.88. The van der Waals surface area contributed by atoms with Crippen molar-refractivity contribution in [3.05, 3.63) is 29.3 Å². The number of para-hydroxylation sites is 1. The summed E-state index contributed by atoms with van der Waals surface area (Å²) in [5, 5.41) is 7.44. The van der Waals surface area contributed by atoms with E-state index in [1.165, 1.54) is 4.90 Å². The van der Waals surface area contributed by atoms with Gasteiger partial charge in [-0.2, -0.15) is 0 Å². The lowest BCUT2D eigenvalue weighted by molar-refractivity contribution is -0.147. The average molecular weight is 406 g/mol. The van der Waals surface area contributed by atoms with E-state index in [-0.39, 0.29) is 17.9 Å². The molecule has 0 radical (unpaired) electrons. The third-order valence-electron chi connectivity index (χ3n) is 5.19. The molecule has 2 amide bonds. The van der Waals surface area contributed by atoms with Crippen LogP contribution in [0.1, 0.15) is 32.1 Å². The zero-order valence-electron chi connectivity index (χ0n) is 16.3. The molecule has 2 fully saturated rings. The number of guanidine groups is 1. The van der Waals surface area contributed by atoms with Crippen molar-refractivity contribution in [3.8, 4) is 0 Å². The highest BCUT2D eigenvalue weighted by Gasteiger charge is 2.26. The first-order chi connectivity index (χ1) is 13.6. The van der Waals surface area contributed by atoms with E-state index in [9.17, 15) is 9.59 Å². The molecule has 0 saturated carbocycles. The minimum absolute atomic E-state index is 0.0799. The molecule has 28 heavy (non-hydrogen) atoms. The van der Waals surface area contributed by atoms with Gasteiger partial charge in [0, 0.05) is 52.1 Å². The molecule has 2 aliphatic rings. The van der Waals surface area contributed by atoms with E-state index >= 15 is 0 Å². The standard InChI is InChI=1S/C20H28ClN5O2/c1-22-20(23-11-13-26-18(27)9-4-10-19(26)28)24-15-6-5-12-25(14-15)17-8-3-2-7-16(17)21/h2-3,7-8,15H,4-6,9-14H2,1H3,(H2,22,23,24). The van der Waals surface area contributed by atoms with Gasteiger partial charge in [-0.3, -0.25) is 19.5 Å². The van der Waals surface area contributed by atoms with Crippen molar-refractivity contribution in [3.63, 3.8) is 0 Å². The Hall–Kier alpha value is -2.28. The zero-order chi connectivity index (χ0) is 19.9. The zero-order valence-corrected chi connectivity index (χ0v) is 17.0. The van der Waals surface area contributed by atoms with Gasteiger partial charge in [0.25, 0.3) is 0 Å². The molecular formula is C20H28ClN5O2. The van der Waals surface area contributed by atoms with Gasteiger partial charge >= 0.3 is 0 Å². The summed E-state index contributed by atoms with van der Waals surface area (Å²) >= 11 is 6.35. The van der Waals surface area contributed by atoms with Crippen LogP contribution in [0.15, 0.2) is 29.3 Å². The fraction of sp³-hybridized carbons (Fsp3) is 0.550.